The standard InChI is InChI=1S/C18H20N2O4.Cu.2H2O/c1-11(21)15(12(2)22)9-19-17-7-5-6-8-18(17)20-10-16(13(3)23)14(4)24;;;/h5-10H,1-4H3,(H2,19,20,21,22,23,24);;2*1H2/q;+2;;/p-2. The van der Waals surface area contributed by atoms with Crippen LogP contribution in [0.5, 0.6) is 0 Å². The van der Waals surface area contributed by atoms with Crippen molar-refractivity contribution in [2.75, 3.05) is 0 Å². The van der Waals surface area contributed by atoms with E-state index in [1.165, 1.54) is 40.1 Å². The molecule has 4 N–H and O–H groups in total. The molecule has 0 fully saturated rings. The van der Waals surface area contributed by atoms with E-state index in [1.807, 2.05) is 0 Å². The number of Topliss-reactive ketones (excluding diaryl/α,β-unsaturated/α-hetero) is 4. The number of allylic oxidation sites excluding steroid dienone is 2. The van der Waals surface area contributed by atoms with Gasteiger partial charge >= 0.3 is 17.1 Å². The maximum Gasteiger partial charge on any atom is 2.00 e. The summed E-state index contributed by atoms with van der Waals surface area (Å²) in [6.07, 6.45) is 2.39. The zero-order valence-electron chi connectivity index (χ0n) is 15.3. The molecule has 1 rings (SSSR count). The van der Waals surface area contributed by atoms with Gasteiger partial charge in [-0.05, 0) is 27.7 Å². The van der Waals surface area contributed by atoms with Gasteiger partial charge in [0.1, 0.15) is 0 Å². The minimum atomic E-state index is -0.379. The molecule has 0 heterocycles. The van der Waals surface area contributed by atoms with Crippen LogP contribution in [0.25, 0.3) is 10.6 Å². The average Bonchev–Trinajstić information content (AvgIpc) is 2.47. The van der Waals surface area contributed by atoms with E-state index in [0.29, 0.717) is 11.4 Å². The van der Waals surface area contributed by atoms with Crippen molar-refractivity contribution in [2.24, 2.45) is 0 Å². The maximum absolute atomic E-state index is 11.4. The molecular weight excluding hydrogens is 404 g/mol. The molecule has 0 spiro atoms. The number of hydrogen-bond acceptors (Lipinski definition) is 4. The van der Waals surface area contributed by atoms with Gasteiger partial charge in [-0.25, -0.2) is 0 Å². The molecule has 1 radical (unpaired) electrons. The molecule has 1 aromatic carbocycles. The maximum atomic E-state index is 11.4. The average molecular weight is 426 g/mol. The molecule has 0 aliphatic carbocycles. The molecule has 151 valence electrons. The normalized spacial score (nSPS) is 8.44. The number of benzene rings is 1. The van der Waals surface area contributed by atoms with Crippen LogP contribution < -0.4 is 0 Å². The number of para-hydroxylation sites is 2. The molecule has 1 aromatic rings. The number of nitrogens with zero attached hydrogens (tertiary/aromatic N) is 2. The molecule has 0 atom stereocenters. The first-order chi connectivity index (χ1) is 11.2. The van der Waals surface area contributed by atoms with Gasteiger partial charge in [0, 0.05) is 11.1 Å². The number of carbonyl (C=O) groups is 4. The first-order valence-corrected chi connectivity index (χ1v) is 7.18. The van der Waals surface area contributed by atoms with Gasteiger partial charge in [0.05, 0.1) is 0 Å². The molecule has 0 saturated heterocycles. The minimum Gasteiger partial charge on any atom is -0.664 e. The van der Waals surface area contributed by atoms with E-state index in [0.717, 1.165) is 0 Å². The van der Waals surface area contributed by atoms with Gasteiger partial charge in [-0.1, -0.05) is 24.3 Å². The Morgan fingerprint density at radius 3 is 1.15 bits per heavy atom. The summed E-state index contributed by atoms with van der Waals surface area (Å²) >= 11 is 0. The van der Waals surface area contributed by atoms with Crippen LogP contribution in [0.3, 0.4) is 0 Å². The fraction of sp³-hybridized carbons (Fsp3) is 0.222. The summed E-state index contributed by atoms with van der Waals surface area (Å²) in [6.45, 7) is 5.14. The number of rotatable bonds is 8. The Hall–Kier alpha value is -2.58. The first-order valence-electron chi connectivity index (χ1n) is 7.18. The Morgan fingerprint density at radius 2 is 0.926 bits per heavy atom. The van der Waals surface area contributed by atoms with Crippen molar-refractivity contribution in [1.82, 2.24) is 0 Å². The van der Waals surface area contributed by atoms with Crippen LogP contribution in [0.15, 0.2) is 47.8 Å². The Morgan fingerprint density at radius 1 is 0.667 bits per heavy atom. The fourth-order valence-electron chi connectivity index (χ4n) is 1.81. The smallest absolute Gasteiger partial charge is 0.664 e. The van der Waals surface area contributed by atoms with E-state index < -0.39 is 0 Å². The topological polar surface area (TPSA) is 159 Å². The van der Waals surface area contributed by atoms with Crippen molar-refractivity contribution in [1.29, 1.82) is 0 Å². The Bertz CT molecular complexity index is 661. The van der Waals surface area contributed by atoms with Gasteiger partial charge in [0.2, 0.25) is 0 Å². The summed E-state index contributed by atoms with van der Waals surface area (Å²) in [4.78, 5) is 45.6. The molecule has 9 heteroatoms. The van der Waals surface area contributed by atoms with Crippen molar-refractivity contribution < 1.29 is 47.2 Å². The molecule has 0 amide bonds. The molecule has 27 heavy (non-hydrogen) atoms. The summed E-state index contributed by atoms with van der Waals surface area (Å²) in [5.74, 6) is -1.51. The van der Waals surface area contributed by atoms with Crippen molar-refractivity contribution in [3.8, 4) is 0 Å². The molecular formula is C18H22CuN2O6. The van der Waals surface area contributed by atoms with Crippen LogP contribution in [0.4, 0.5) is 11.4 Å². The summed E-state index contributed by atoms with van der Waals surface area (Å²) in [5, 5.41) is 8.24. The second-order valence-electron chi connectivity index (χ2n) is 5.06. The van der Waals surface area contributed by atoms with E-state index >= 15 is 0 Å². The third kappa shape index (κ3) is 9.07. The second-order valence-corrected chi connectivity index (χ2v) is 5.06. The van der Waals surface area contributed by atoms with Crippen LogP contribution in [0.1, 0.15) is 27.7 Å². The summed E-state index contributed by atoms with van der Waals surface area (Å²) < 4.78 is 0. The van der Waals surface area contributed by atoms with Crippen LogP contribution >= 0.6 is 0 Å². The predicted octanol–water partition coefficient (Wildman–Crippen LogP) is 2.17. The van der Waals surface area contributed by atoms with Crippen molar-refractivity contribution in [3.63, 3.8) is 0 Å². The number of hydrogen-bond donors (Lipinski definition) is 0. The number of carbonyl (C=O) groups excluding carboxylic acids is 4. The van der Waals surface area contributed by atoms with Gasteiger partial charge in [-0.3, -0.25) is 19.2 Å². The summed E-state index contributed by atoms with van der Waals surface area (Å²) in [7, 11) is 0. The minimum absolute atomic E-state index is 0. The zero-order valence-corrected chi connectivity index (χ0v) is 16.2. The van der Waals surface area contributed by atoms with Gasteiger partial charge < -0.3 is 21.6 Å². The van der Waals surface area contributed by atoms with E-state index in [-0.39, 0.29) is 62.3 Å². The van der Waals surface area contributed by atoms with Crippen molar-refractivity contribution >= 4 is 34.5 Å². The largest absolute Gasteiger partial charge is 2.00 e. The van der Waals surface area contributed by atoms with Crippen molar-refractivity contribution in [2.45, 2.75) is 27.7 Å². The zero-order chi connectivity index (χ0) is 18.3. The van der Waals surface area contributed by atoms with E-state index in [2.05, 4.69) is 10.6 Å². The third-order valence-corrected chi connectivity index (χ3v) is 3.06. The van der Waals surface area contributed by atoms with Crippen LogP contribution in [0, 0.1) is 0 Å². The third-order valence-electron chi connectivity index (χ3n) is 3.06. The Labute approximate surface area is 168 Å². The van der Waals surface area contributed by atoms with Crippen LogP contribution in [-0.4, -0.2) is 34.1 Å². The predicted molar refractivity (Wildman–Crippen MR) is 98.6 cm³/mol. The molecule has 0 bridgehead atoms. The quantitative estimate of drug-likeness (QED) is 0.270. The SMILES string of the molecule is CC(=O)C(=C[N-]c1ccccc1[N-]C=C(C(C)=O)C(C)=O)C(C)=O.O.O.[Cu+2]. The van der Waals surface area contributed by atoms with Gasteiger partial charge in [-0.15, -0.1) is 0 Å². The van der Waals surface area contributed by atoms with E-state index in [9.17, 15) is 19.2 Å². The summed E-state index contributed by atoms with van der Waals surface area (Å²) in [6, 6.07) is 6.71. The Kier molecular flexibility index (Phi) is 14.7. The molecule has 0 unspecified atom stereocenters. The monoisotopic (exact) mass is 425 g/mol. The van der Waals surface area contributed by atoms with Gasteiger partial charge in [0.25, 0.3) is 0 Å². The molecule has 0 aromatic heterocycles. The van der Waals surface area contributed by atoms with Crippen molar-refractivity contribution in [3.05, 3.63) is 58.4 Å². The summed E-state index contributed by atoms with van der Waals surface area (Å²) in [5.41, 5.74) is 0.766. The molecule has 8 nitrogen and oxygen atoms in total. The van der Waals surface area contributed by atoms with Crippen LogP contribution in [-0.2, 0) is 36.2 Å². The molecule has 0 aliphatic rings. The first kappa shape index (κ1) is 29.2. The second kappa shape index (κ2) is 13.6. The molecule has 0 aliphatic heterocycles. The fourth-order valence-corrected chi connectivity index (χ4v) is 1.81. The Balaban J connectivity index is -0.00000192. The molecule has 0 saturated carbocycles. The van der Waals surface area contributed by atoms with Gasteiger partial charge in [-0.2, -0.15) is 23.8 Å². The van der Waals surface area contributed by atoms with Gasteiger partial charge in [0.15, 0.2) is 23.1 Å². The van der Waals surface area contributed by atoms with Crippen LogP contribution in [0.2, 0.25) is 0 Å². The van der Waals surface area contributed by atoms with E-state index in [4.69, 9.17) is 0 Å². The van der Waals surface area contributed by atoms with E-state index in [1.54, 1.807) is 24.3 Å². The number of ketones is 4.